The molecule has 0 aliphatic rings. The van der Waals surface area contributed by atoms with Gasteiger partial charge in [0.2, 0.25) is 0 Å². The maximum Gasteiger partial charge on any atom is 0.261 e. The molecule has 30 heavy (non-hydrogen) atoms. The van der Waals surface area contributed by atoms with Crippen LogP contribution in [0.1, 0.15) is 29.7 Å². The number of hydrogen-bond donors (Lipinski definition) is 2. The first-order valence-electron chi connectivity index (χ1n) is 9.46. The third-order valence-corrected chi connectivity index (χ3v) is 5.80. The highest BCUT2D eigenvalue weighted by Crippen LogP contribution is 2.25. The van der Waals surface area contributed by atoms with Gasteiger partial charge in [-0.3, -0.25) is 4.72 Å². The summed E-state index contributed by atoms with van der Waals surface area (Å²) in [4.78, 5) is 0.158. The largest absolute Gasteiger partial charge is 0.376 e. The fourth-order valence-corrected chi connectivity index (χ4v) is 3.93. The van der Waals surface area contributed by atoms with Crippen molar-refractivity contribution in [3.05, 3.63) is 101 Å². The minimum absolute atomic E-state index is 0.158. The van der Waals surface area contributed by atoms with E-state index in [2.05, 4.69) is 16.6 Å². The summed E-state index contributed by atoms with van der Waals surface area (Å²) in [7, 11) is -3.78. The van der Waals surface area contributed by atoms with Crippen LogP contribution in [0.15, 0.2) is 89.3 Å². The number of aliphatic hydroxyl groups is 1. The van der Waals surface area contributed by atoms with Crippen molar-refractivity contribution in [1.82, 2.24) is 0 Å². The number of rotatable bonds is 5. The summed E-state index contributed by atoms with van der Waals surface area (Å²) in [6.45, 7) is 3.75. The summed E-state index contributed by atoms with van der Waals surface area (Å²) in [5.41, 5.74) is 3.47. The molecule has 2 N–H and O–H groups in total. The fourth-order valence-electron chi connectivity index (χ4n) is 2.84. The maximum absolute atomic E-state index is 12.7. The summed E-state index contributed by atoms with van der Waals surface area (Å²) in [5.74, 6) is 5.74. The lowest BCUT2D eigenvalue weighted by Gasteiger charge is -2.14. The lowest BCUT2D eigenvalue weighted by Crippen LogP contribution is -2.15. The monoisotopic (exact) mass is 417 g/mol. The fraction of sp³-hybridized carbons (Fsp3) is 0.120. The third kappa shape index (κ3) is 5.60. The second-order valence-corrected chi connectivity index (χ2v) is 8.60. The smallest absolute Gasteiger partial charge is 0.261 e. The molecule has 0 bridgehead atoms. The number of nitrogens with one attached hydrogen (secondary N) is 1. The van der Waals surface area contributed by atoms with Gasteiger partial charge >= 0.3 is 0 Å². The van der Waals surface area contributed by atoms with Crippen molar-refractivity contribution in [2.24, 2.45) is 0 Å². The van der Waals surface area contributed by atoms with Gasteiger partial charge in [0.1, 0.15) is 6.10 Å². The van der Waals surface area contributed by atoms with E-state index in [4.69, 9.17) is 0 Å². The number of aliphatic hydroxyl groups excluding tert-OH is 1. The molecule has 4 nitrogen and oxygen atoms in total. The molecule has 3 rings (SSSR count). The first-order chi connectivity index (χ1) is 14.3. The Morgan fingerprint density at radius 1 is 0.967 bits per heavy atom. The van der Waals surface area contributed by atoms with Gasteiger partial charge in [0.15, 0.2) is 0 Å². The van der Waals surface area contributed by atoms with Crippen LogP contribution < -0.4 is 4.72 Å². The average molecular weight is 418 g/mol. The molecule has 1 unspecified atom stereocenters. The molecule has 0 saturated carbocycles. The zero-order valence-corrected chi connectivity index (χ0v) is 17.6. The van der Waals surface area contributed by atoms with Crippen LogP contribution >= 0.6 is 0 Å². The Bertz CT molecular complexity index is 1200. The predicted octanol–water partition coefficient (Wildman–Crippen LogP) is 4.94. The molecular weight excluding hydrogens is 394 g/mol. The summed E-state index contributed by atoms with van der Waals surface area (Å²) in [5, 5.41) is 10.6. The standard InChI is InChI=1S/C25H23NO3S/c1-19-12-15-22(16-13-19)30(28,29)26-24-11-7-6-10-23(24)25(27)17-14-20(2)18-21-8-4-3-5-9-21/h3-13,15-16,18,25-27H,1-2H3/b20-18-. The van der Waals surface area contributed by atoms with Gasteiger partial charge in [-0.25, -0.2) is 8.42 Å². The SMILES string of the molecule is C/C(C#CC(O)c1ccccc1NS(=O)(=O)c1ccc(C)cc1)=C/c1ccccc1. The van der Waals surface area contributed by atoms with E-state index in [-0.39, 0.29) is 4.90 Å². The molecule has 3 aromatic carbocycles. The van der Waals surface area contributed by atoms with Crippen molar-refractivity contribution in [2.45, 2.75) is 24.8 Å². The molecular formula is C25H23NO3S. The Balaban J connectivity index is 1.83. The van der Waals surface area contributed by atoms with Gasteiger partial charge in [-0.2, -0.15) is 0 Å². The zero-order valence-electron chi connectivity index (χ0n) is 16.8. The first-order valence-corrected chi connectivity index (χ1v) is 10.9. The maximum atomic E-state index is 12.7. The van der Waals surface area contributed by atoms with E-state index in [9.17, 15) is 13.5 Å². The van der Waals surface area contributed by atoms with Crippen LogP contribution in [0.2, 0.25) is 0 Å². The second kappa shape index (κ2) is 9.45. The quantitative estimate of drug-likeness (QED) is 0.578. The van der Waals surface area contributed by atoms with Crippen molar-refractivity contribution >= 4 is 21.8 Å². The Morgan fingerprint density at radius 2 is 1.60 bits per heavy atom. The minimum Gasteiger partial charge on any atom is -0.376 e. The highest BCUT2D eigenvalue weighted by Gasteiger charge is 2.18. The molecule has 3 aromatic rings. The van der Waals surface area contributed by atoms with E-state index >= 15 is 0 Å². The van der Waals surface area contributed by atoms with Crippen LogP contribution in [0.3, 0.4) is 0 Å². The van der Waals surface area contributed by atoms with Gasteiger partial charge < -0.3 is 5.11 Å². The van der Waals surface area contributed by atoms with E-state index in [1.54, 1.807) is 48.5 Å². The highest BCUT2D eigenvalue weighted by atomic mass is 32.2. The highest BCUT2D eigenvalue weighted by molar-refractivity contribution is 7.92. The third-order valence-electron chi connectivity index (χ3n) is 4.42. The van der Waals surface area contributed by atoms with Gasteiger partial charge in [-0.1, -0.05) is 78.1 Å². The number of aryl methyl sites for hydroxylation is 1. The molecule has 0 heterocycles. The Labute approximate surface area is 178 Å². The van der Waals surface area contributed by atoms with Crippen molar-refractivity contribution in [2.75, 3.05) is 4.72 Å². The summed E-state index contributed by atoms with van der Waals surface area (Å²) >= 11 is 0. The number of hydrogen-bond acceptors (Lipinski definition) is 3. The van der Waals surface area contributed by atoms with Crippen molar-refractivity contribution in [1.29, 1.82) is 0 Å². The summed E-state index contributed by atoms with van der Waals surface area (Å²) in [6.07, 6.45) is 0.784. The molecule has 0 aromatic heterocycles. The average Bonchev–Trinajstić information content (AvgIpc) is 2.73. The molecule has 152 valence electrons. The number of benzene rings is 3. The Hall–Kier alpha value is -3.33. The molecule has 5 heteroatoms. The van der Waals surface area contributed by atoms with Crippen molar-refractivity contribution in [3.8, 4) is 11.8 Å². The van der Waals surface area contributed by atoms with Gasteiger partial charge in [0.05, 0.1) is 10.6 Å². The first kappa shape index (κ1) is 21.4. The summed E-state index contributed by atoms with van der Waals surface area (Å²) < 4.78 is 28.0. The molecule has 0 saturated heterocycles. The van der Waals surface area contributed by atoms with Gasteiger partial charge in [0.25, 0.3) is 10.0 Å². The number of para-hydroxylation sites is 1. The lowest BCUT2D eigenvalue weighted by atomic mass is 10.1. The number of sulfonamides is 1. The number of anilines is 1. The van der Waals surface area contributed by atoms with E-state index in [0.29, 0.717) is 11.3 Å². The second-order valence-electron chi connectivity index (χ2n) is 6.92. The molecule has 0 amide bonds. The van der Waals surface area contributed by atoms with E-state index in [1.807, 2.05) is 50.3 Å². The predicted molar refractivity (Wildman–Crippen MR) is 121 cm³/mol. The van der Waals surface area contributed by atoms with Gasteiger partial charge in [-0.15, -0.1) is 0 Å². The van der Waals surface area contributed by atoms with Gasteiger partial charge in [-0.05, 0) is 49.3 Å². The molecule has 0 aliphatic heterocycles. The topological polar surface area (TPSA) is 66.4 Å². The normalized spacial score (nSPS) is 12.6. The van der Waals surface area contributed by atoms with E-state index < -0.39 is 16.1 Å². The Morgan fingerprint density at radius 3 is 2.30 bits per heavy atom. The molecule has 0 aliphatic carbocycles. The van der Waals surface area contributed by atoms with Crippen LogP contribution in [0.4, 0.5) is 5.69 Å². The van der Waals surface area contributed by atoms with Crippen LogP contribution in [0, 0.1) is 18.8 Å². The Kier molecular flexibility index (Phi) is 6.73. The molecule has 0 radical (unpaired) electrons. The van der Waals surface area contributed by atoms with Crippen LogP contribution in [-0.4, -0.2) is 13.5 Å². The lowest BCUT2D eigenvalue weighted by molar-refractivity contribution is 0.239. The van der Waals surface area contributed by atoms with Crippen LogP contribution in [0.25, 0.3) is 6.08 Å². The van der Waals surface area contributed by atoms with Crippen LogP contribution in [-0.2, 0) is 10.0 Å². The van der Waals surface area contributed by atoms with Crippen molar-refractivity contribution < 1.29 is 13.5 Å². The zero-order chi connectivity index (χ0) is 21.6. The van der Waals surface area contributed by atoms with Gasteiger partial charge in [0, 0.05) is 5.56 Å². The molecule has 0 fully saturated rings. The summed E-state index contributed by atoms with van der Waals surface area (Å²) in [6, 6.07) is 23.0. The van der Waals surface area contributed by atoms with Crippen LogP contribution in [0.5, 0.6) is 0 Å². The minimum atomic E-state index is -3.78. The number of allylic oxidation sites excluding steroid dienone is 1. The van der Waals surface area contributed by atoms with E-state index in [0.717, 1.165) is 16.7 Å². The van der Waals surface area contributed by atoms with Crippen molar-refractivity contribution in [3.63, 3.8) is 0 Å². The van der Waals surface area contributed by atoms with E-state index in [1.165, 1.54) is 0 Å². The molecule has 1 atom stereocenters. The molecule has 0 spiro atoms.